The molecule has 0 saturated carbocycles. The summed E-state index contributed by atoms with van der Waals surface area (Å²) in [6.07, 6.45) is 3.45. The van der Waals surface area contributed by atoms with Crippen molar-refractivity contribution in [2.24, 2.45) is 5.92 Å². The second kappa shape index (κ2) is 10.4. The lowest BCUT2D eigenvalue weighted by molar-refractivity contribution is -0.148. The van der Waals surface area contributed by atoms with E-state index in [1.807, 2.05) is 13.0 Å². The Morgan fingerprint density at radius 1 is 1.30 bits per heavy atom. The number of carbonyl (C=O) groups is 3. The van der Waals surface area contributed by atoms with Crippen LogP contribution in [-0.4, -0.2) is 59.6 Å². The molecular formula is C22H28O8. The Morgan fingerprint density at radius 3 is 2.60 bits per heavy atom. The van der Waals surface area contributed by atoms with Gasteiger partial charge in [-0.1, -0.05) is 18.2 Å². The van der Waals surface area contributed by atoms with Crippen molar-refractivity contribution < 1.29 is 38.8 Å². The molecule has 1 fully saturated rings. The van der Waals surface area contributed by atoms with Gasteiger partial charge >= 0.3 is 17.9 Å². The Bertz CT molecular complexity index is 804. The lowest BCUT2D eigenvalue weighted by Gasteiger charge is -2.28. The molecule has 30 heavy (non-hydrogen) atoms. The third kappa shape index (κ3) is 5.67. The first-order valence-corrected chi connectivity index (χ1v) is 9.70. The third-order valence-electron chi connectivity index (χ3n) is 5.14. The number of hydrogen-bond acceptors (Lipinski definition) is 8. The van der Waals surface area contributed by atoms with E-state index in [0.717, 1.165) is 5.57 Å². The van der Waals surface area contributed by atoms with Crippen LogP contribution < -0.4 is 0 Å². The van der Waals surface area contributed by atoms with Crippen LogP contribution in [0.25, 0.3) is 0 Å². The van der Waals surface area contributed by atoms with Gasteiger partial charge in [-0.3, -0.25) is 4.79 Å². The van der Waals surface area contributed by atoms with E-state index in [4.69, 9.17) is 19.3 Å². The fourth-order valence-corrected chi connectivity index (χ4v) is 3.56. The smallest absolute Gasteiger partial charge is 0.336 e. The van der Waals surface area contributed by atoms with Crippen molar-refractivity contribution in [3.8, 4) is 0 Å². The van der Waals surface area contributed by atoms with Gasteiger partial charge in [0.05, 0.1) is 24.7 Å². The predicted octanol–water partition coefficient (Wildman–Crippen LogP) is 1.53. The molecule has 0 aromatic heterocycles. The standard InChI is InChI=1S/C22H28O8/c1-12-5-6-17(28-15(4)25)13(2)10-19-20(14(3)21(26)29-19)18(9-12)30-22(27)16(11-24)7-8-23/h5,7,10,17-20,23-24H,3,6,8-9,11H2,1-2,4H3/b12-5-,13-10-,16-7+/t17-,18-,19-,20-/m1/s1. The molecule has 8 nitrogen and oxygen atoms in total. The Balaban J connectivity index is 2.42. The van der Waals surface area contributed by atoms with Crippen LogP contribution in [0.1, 0.15) is 33.6 Å². The molecule has 0 spiro atoms. The summed E-state index contributed by atoms with van der Waals surface area (Å²) in [6, 6.07) is 0. The molecule has 1 aliphatic heterocycles. The number of ether oxygens (including phenoxy) is 3. The molecule has 0 unspecified atom stereocenters. The summed E-state index contributed by atoms with van der Waals surface area (Å²) in [5, 5.41) is 18.4. The summed E-state index contributed by atoms with van der Waals surface area (Å²) < 4.78 is 16.5. The van der Waals surface area contributed by atoms with E-state index in [0.29, 0.717) is 18.4 Å². The molecule has 0 aromatic carbocycles. The van der Waals surface area contributed by atoms with Crippen LogP contribution in [0.15, 0.2) is 47.1 Å². The van der Waals surface area contributed by atoms with Gasteiger partial charge in [-0.15, -0.1) is 0 Å². The average molecular weight is 420 g/mol. The highest BCUT2D eigenvalue weighted by atomic mass is 16.6. The maximum absolute atomic E-state index is 12.5. The van der Waals surface area contributed by atoms with Crippen molar-refractivity contribution in [3.63, 3.8) is 0 Å². The van der Waals surface area contributed by atoms with E-state index >= 15 is 0 Å². The van der Waals surface area contributed by atoms with Gasteiger partial charge in [0.15, 0.2) is 0 Å². The van der Waals surface area contributed by atoms with E-state index in [-0.39, 0.29) is 11.1 Å². The molecule has 0 bridgehead atoms. The third-order valence-corrected chi connectivity index (χ3v) is 5.14. The van der Waals surface area contributed by atoms with Crippen LogP contribution in [0.3, 0.4) is 0 Å². The Labute approximate surface area is 175 Å². The minimum absolute atomic E-state index is 0.0784. The maximum Gasteiger partial charge on any atom is 0.336 e. The molecule has 1 aliphatic carbocycles. The lowest BCUT2D eigenvalue weighted by atomic mass is 9.85. The zero-order valence-electron chi connectivity index (χ0n) is 17.4. The molecule has 0 radical (unpaired) electrons. The first kappa shape index (κ1) is 23.6. The Hall–Kier alpha value is -2.71. The lowest BCUT2D eigenvalue weighted by Crippen LogP contribution is -2.34. The average Bonchev–Trinajstić information content (AvgIpc) is 2.94. The summed E-state index contributed by atoms with van der Waals surface area (Å²) >= 11 is 0. The molecule has 4 atom stereocenters. The summed E-state index contributed by atoms with van der Waals surface area (Å²) in [5.41, 5.74) is 1.67. The van der Waals surface area contributed by atoms with Crippen molar-refractivity contribution in [1.82, 2.24) is 0 Å². The van der Waals surface area contributed by atoms with Gasteiger partial charge in [0, 0.05) is 25.3 Å². The minimum Gasteiger partial charge on any atom is -0.458 e. The van der Waals surface area contributed by atoms with Crippen LogP contribution in [0.5, 0.6) is 0 Å². The number of aliphatic hydroxyl groups excluding tert-OH is 2. The summed E-state index contributed by atoms with van der Waals surface area (Å²) in [6.45, 7) is 7.76. The molecule has 8 heteroatoms. The van der Waals surface area contributed by atoms with E-state index in [1.54, 1.807) is 13.0 Å². The first-order valence-electron chi connectivity index (χ1n) is 9.70. The maximum atomic E-state index is 12.5. The quantitative estimate of drug-likeness (QED) is 0.297. The van der Waals surface area contributed by atoms with Gasteiger partial charge in [-0.05, 0) is 31.6 Å². The molecular weight excluding hydrogens is 392 g/mol. The first-order chi connectivity index (χ1) is 14.2. The number of carbonyl (C=O) groups excluding carboxylic acids is 3. The number of rotatable bonds is 5. The van der Waals surface area contributed by atoms with Gasteiger partial charge in [-0.25, -0.2) is 9.59 Å². The molecule has 2 aliphatic rings. The molecule has 2 N–H and O–H groups in total. The van der Waals surface area contributed by atoms with Crippen molar-refractivity contribution in [2.75, 3.05) is 13.2 Å². The zero-order chi connectivity index (χ0) is 22.4. The highest BCUT2D eigenvalue weighted by molar-refractivity contribution is 5.92. The molecule has 0 amide bonds. The largest absolute Gasteiger partial charge is 0.458 e. The van der Waals surface area contributed by atoms with E-state index in [1.165, 1.54) is 13.0 Å². The summed E-state index contributed by atoms with van der Waals surface area (Å²) in [5.74, 6) is -2.44. The number of fused-ring (bicyclic) bond motifs is 1. The summed E-state index contributed by atoms with van der Waals surface area (Å²) in [7, 11) is 0. The highest BCUT2D eigenvalue weighted by Gasteiger charge is 2.45. The van der Waals surface area contributed by atoms with Crippen LogP contribution in [0.2, 0.25) is 0 Å². The normalized spacial score (nSPS) is 30.9. The monoisotopic (exact) mass is 420 g/mol. The fraction of sp³-hybridized carbons (Fsp3) is 0.500. The van der Waals surface area contributed by atoms with Gasteiger partial charge < -0.3 is 24.4 Å². The van der Waals surface area contributed by atoms with E-state index in [9.17, 15) is 19.5 Å². The molecule has 1 saturated heterocycles. The molecule has 1 heterocycles. The van der Waals surface area contributed by atoms with Gasteiger partial charge in [0.1, 0.15) is 18.3 Å². The fourth-order valence-electron chi connectivity index (χ4n) is 3.56. The summed E-state index contributed by atoms with van der Waals surface area (Å²) in [4.78, 5) is 36.2. The van der Waals surface area contributed by atoms with Gasteiger partial charge in [-0.2, -0.15) is 0 Å². The van der Waals surface area contributed by atoms with Gasteiger partial charge in [0.25, 0.3) is 0 Å². The number of esters is 3. The van der Waals surface area contributed by atoms with Crippen LogP contribution in [-0.2, 0) is 28.6 Å². The van der Waals surface area contributed by atoms with Crippen molar-refractivity contribution in [1.29, 1.82) is 0 Å². The highest BCUT2D eigenvalue weighted by Crippen LogP contribution is 2.36. The van der Waals surface area contributed by atoms with Gasteiger partial charge in [0.2, 0.25) is 0 Å². The molecule has 0 aromatic rings. The number of aliphatic hydroxyl groups is 2. The zero-order valence-corrected chi connectivity index (χ0v) is 17.4. The SMILES string of the molecule is C=C1C(=O)O[C@@H]2/C=C(/C)[C@H](OC(C)=O)C/C=C(/C)C[C@@H](OC(=O)/C(=C/CO)CO)[C@@H]12. The van der Waals surface area contributed by atoms with Crippen molar-refractivity contribution >= 4 is 17.9 Å². The van der Waals surface area contributed by atoms with Crippen LogP contribution >= 0.6 is 0 Å². The predicted molar refractivity (Wildman–Crippen MR) is 107 cm³/mol. The van der Waals surface area contributed by atoms with Crippen molar-refractivity contribution in [2.45, 2.75) is 51.9 Å². The van der Waals surface area contributed by atoms with Crippen molar-refractivity contribution in [3.05, 3.63) is 47.1 Å². The van der Waals surface area contributed by atoms with E-state index in [2.05, 4.69) is 6.58 Å². The topological polar surface area (TPSA) is 119 Å². The Kier molecular flexibility index (Phi) is 8.14. The van der Waals surface area contributed by atoms with Crippen LogP contribution in [0, 0.1) is 5.92 Å². The molecule has 2 rings (SSSR count). The second-order valence-corrected chi connectivity index (χ2v) is 7.43. The minimum atomic E-state index is -0.786. The van der Waals surface area contributed by atoms with E-state index < -0.39 is 55.4 Å². The molecule has 164 valence electrons. The Morgan fingerprint density at radius 2 is 2.00 bits per heavy atom. The van der Waals surface area contributed by atoms with Crippen LogP contribution in [0.4, 0.5) is 0 Å². The second-order valence-electron chi connectivity index (χ2n) is 7.43. The number of hydrogen-bond donors (Lipinski definition) is 2.